The van der Waals surface area contributed by atoms with Gasteiger partial charge in [-0.05, 0) is 40.5 Å². The Morgan fingerprint density at radius 2 is 1.66 bits per heavy atom. The summed E-state index contributed by atoms with van der Waals surface area (Å²) in [5.74, 6) is -0.816. The Hall–Kier alpha value is -3.35. The quantitative estimate of drug-likeness (QED) is 0.728. The maximum absolute atomic E-state index is 12.4. The number of nitrogens with one attached hydrogen (secondary N) is 1. The summed E-state index contributed by atoms with van der Waals surface area (Å²) in [6.45, 7) is 1.53. The van der Waals surface area contributed by atoms with Crippen LogP contribution in [0.5, 0.6) is 0 Å². The summed E-state index contributed by atoms with van der Waals surface area (Å²) in [5, 5.41) is 11.9. The normalized spacial score (nSPS) is 23.0. The molecule has 7 heteroatoms. The molecule has 166 valence electrons. The highest BCUT2D eigenvalue weighted by atomic mass is 16.5. The maximum atomic E-state index is 12.4. The third kappa shape index (κ3) is 3.72. The van der Waals surface area contributed by atoms with E-state index in [4.69, 9.17) is 4.74 Å². The number of aliphatic carboxylic acids is 1. The number of fused-ring (bicyclic) bond motifs is 4. The first-order valence-corrected chi connectivity index (χ1v) is 11.1. The molecule has 3 atom stereocenters. The summed E-state index contributed by atoms with van der Waals surface area (Å²) < 4.78 is 5.49. The van der Waals surface area contributed by atoms with Gasteiger partial charge in [0.25, 0.3) is 0 Å². The molecular weight excluding hydrogens is 408 g/mol. The Morgan fingerprint density at radius 3 is 2.31 bits per heavy atom. The van der Waals surface area contributed by atoms with E-state index in [0.29, 0.717) is 13.1 Å². The number of ether oxygens (including phenoxy) is 1. The van der Waals surface area contributed by atoms with Gasteiger partial charge in [-0.3, -0.25) is 9.59 Å². The second-order valence-corrected chi connectivity index (χ2v) is 8.82. The van der Waals surface area contributed by atoms with Crippen molar-refractivity contribution in [3.63, 3.8) is 0 Å². The molecule has 1 heterocycles. The molecule has 3 unspecified atom stereocenters. The molecule has 0 spiro atoms. The van der Waals surface area contributed by atoms with Crippen LogP contribution < -0.4 is 5.32 Å². The number of carbonyl (C=O) groups is 3. The van der Waals surface area contributed by atoms with Gasteiger partial charge in [0.05, 0.1) is 5.92 Å². The van der Waals surface area contributed by atoms with Crippen LogP contribution in [-0.4, -0.2) is 54.2 Å². The molecule has 32 heavy (non-hydrogen) atoms. The zero-order chi connectivity index (χ0) is 22.2. The van der Waals surface area contributed by atoms with Crippen molar-refractivity contribution in [3.8, 4) is 11.1 Å². The van der Waals surface area contributed by atoms with Crippen molar-refractivity contribution < 1.29 is 24.2 Å². The van der Waals surface area contributed by atoms with E-state index in [2.05, 4.69) is 29.6 Å². The minimum atomic E-state index is -0.758. The summed E-state index contributed by atoms with van der Waals surface area (Å²) in [6, 6.07) is 16.3. The molecule has 0 bridgehead atoms. The highest BCUT2D eigenvalue weighted by Gasteiger charge is 2.57. The van der Waals surface area contributed by atoms with Crippen molar-refractivity contribution in [2.24, 2.45) is 17.8 Å². The SMILES string of the molecule is O=C(NCCC(=O)N1CCC2C(C1)C2C(=O)O)OCC1c2ccccc2-c2ccccc21. The van der Waals surface area contributed by atoms with Crippen LogP contribution in [0.15, 0.2) is 48.5 Å². The van der Waals surface area contributed by atoms with E-state index in [0.717, 1.165) is 17.5 Å². The number of alkyl carbamates (subject to hydrolysis) is 1. The number of carbonyl (C=O) groups excluding carboxylic acids is 2. The molecular formula is C25H26N2O5. The Morgan fingerprint density at radius 1 is 1.00 bits per heavy atom. The molecule has 2 aromatic carbocycles. The first-order valence-electron chi connectivity index (χ1n) is 11.1. The zero-order valence-corrected chi connectivity index (χ0v) is 17.7. The lowest BCUT2D eigenvalue weighted by Gasteiger charge is -2.26. The first kappa shape index (κ1) is 20.5. The Labute approximate surface area is 186 Å². The smallest absolute Gasteiger partial charge is 0.407 e. The lowest BCUT2D eigenvalue weighted by atomic mass is 9.98. The number of carboxylic acids is 1. The fourth-order valence-electron chi connectivity index (χ4n) is 5.41. The van der Waals surface area contributed by atoms with Crippen molar-refractivity contribution in [2.75, 3.05) is 26.2 Å². The average molecular weight is 434 g/mol. The summed E-state index contributed by atoms with van der Waals surface area (Å²) in [6.07, 6.45) is 0.387. The number of piperidine rings is 1. The van der Waals surface area contributed by atoms with Gasteiger partial charge in [-0.2, -0.15) is 0 Å². The van der Waals surface area contributed by atoms with Gasteiger partial charge in [0.2, 0.25) is 5.91 Å². The van der Waals surface area contributed by atoms with Crippen LogP contribution in [0.1, 0.15) is 29.9 Å². The van der Waals surface area contributed by atoms with Gasteiger partial charge in [-0.1, -0.05) is 48.5 Å². The van der Waals surface area contributed by atoms with Gasteiger partial charge < -0.3 is 20.1 Å². The number of benzene rings is 2. The molecule has 3 aliphatic rings. The van der Waals surface area contributed by atoms with Gasteiger partial charge >= 0.3 is 12.1 Å². The molecule has 1 saturated heterocycles. The van der Waals surface area contributed by atoms with Crippen LogP contribution in [0.25, 0.3) is 11.1 Å². The Balaban J connectivity index is 1.09. The predicted molar refractivity (Wildman–Crippen MR) is 117 cm³/mol. The van der Waals surface area contributed by atoms with E-state index in [-0.39, 0.29) is 49.2 Å². The number of carboxylic acid groups (broad SMARTS) is 1. The van der Waals surface area contributed by atoms with Gasteiger partial charge in [-0.25, -0.2) is 4.79 Å². The zero-order valence-electron chi connectivity index (χ0n) is 17.7. The molecule has 1 saturated carbocycles. The maximum Gasteiger partial charge on any atom is 0.407 e. The van der Waals surface area contributed by atoms with E-state index in [9.17, 15) is 19.5 Å². The number of rotatable bonds is 6. The molecule has 7 nitrogen and oxygen atoms in total. The summed E-state index contributed by atoms with van der Waals surface area (Å²) in [4.78, 5) is 37.6. The summed E-state index contributed by atoms with van der Waals surface area (Å²) in [5.41, 5.74) is 4.65. The Bertz CT molecular complexity index is 1020. The second kappa shape index (κ2) is 8.30. The third-order valence-corrected chi connectivity index (χ3v) is 7.08. The molecule has 2 amide bonds. The summed E-state index contributed by atoms with van der Waals surface area (Å²) >= 11 is 0. The van der Waals surface area contributed by atoms with Gasteiger partial charge in [0.1, 0.15) is 6.61 Å². The van der Waals surface area contributed by atoms with E-state index in [1.54, 1.807) is 4.90 Å². The lowest BCUT2D eigenvalue weighted by molar-refractivity contribution is -0.139. The molecule has 2 N–H and O–H groups in total. The Kier molecular flexibility index (Phi) is 5.33. The van der Waals surface area contributed by atoms with Crippen LogP contribution in [-0.2, 0) is 14.3 Å². The fraction of sp³-hybridized carbons (Fsp3) is 0.400. The lowest BCUT2D eigenvalue weighted by Crippen LogP contribution is -2.39. The molecule has 1 aliphatic heterocycles. The molecule has 5 rings (SSSR count). The van der Waals surface area contributed by atoms with Gasteiger partial charge in [0, 0.05) is 32.0 Å². The number of nitrogens with zero attached hydrogens (tertiary/aromatic N) is 1. The van der Waals surface area contributed by atoms with Crippen LogP contribution >= 0.6 is 0 Å². The molecule has 0 radical (unpaired) electrons. The average Bonchev–Trinajstić information content (AvgIpc) is 3.45. The molecule has 2 aromatic rings. The van der Waals surface area contributed by atoms with Gasteiger partial charge in [0.15, 0.2) is 0 Å². The van der Waals surface area contributed by atoms with Crippen LogP contribution in [0.4, 0.5) is 4.79 Å². The minimum absolute atomic E-state index is 0.00296. The van der Waals surface area contributed by atoms with E-state index in [1.807, 2.05) is 24.3 Å². The van der Waals surface area contributed by atoms with E-state index < -0.39 is 12.1 Å². The van der Waals surface area contributed by atoms with Crippen LogP contribution in [0, 0.1) is 17.8 Å². The van der Waals surface area contributed by atoms with Gasteiger partial charge in [-0.15, -0.1) is 0 Å². The number of amides is 2. The number of hydrogen-bond donors (Lipinski definition) is 2. The second-order valence-electron chi connectivity index (χ2n) is 8.82. The van der Waals surface area contributed by atoms with Crippen LogP contribution in [0.3, 0.4) is 0 Å². The fourth-order valence-corrected chi connectivity index (χ4v) is 5.41. The molecule has 0 aromatic heterocycles. The third-order valence-electron chi connectivity index (χ3n) is 7.08. The molecule has 2 fully saturated rings. The van der Waals surface area contributed by atoms with Crippen molar-refractivity contribution in [3.05, 3.63) is 59.7 Å². The van der Waals surface area contributed by atoms with Crippen molar-refractivity contribution >= 4 is 18.0 Å². The molecule has 2 aliphatic carbocycles. The first-order chi connectivity index (χ1) is 15.5. The summed E-state index contributed by atoms with van der Waals surface area (Å²) in [7, 11) is 0. The topological polar surface area (TPSA) is 95.9 Å². The standard InChI is InChI=1S/C25H26N2O5/c28-22(27-12-10-19-20(13-27)23(19)24(29)30)9-11-26-25(31)32-14-21-17-7-3-1-5-15(17)16-6-2-4-8-18(16)21/h1-8,19-21,23H,9-14H2,(H,26,31)(H,29,30). The van der Waals surface area contributed by atoms with E-state index >= 15 is 0 Å². The highest BCUT2D eigenvalue weighted by Crippen LogP contribution is 2.51. The highest BCUT2D eigenvalue weighted by molar-refractivity contribution is 5.80. The number of likely N-dealkylation sites (tertiary alicyclic amines) is 1. The predicted octanol–water partition coefficient (Wildman–Crippen LogP) is 3.09. The number of hydrogen-bond acceptors (Lipinski definition) is 4. The van der Waals surface area contributed by atoms with Crippen LogP contribution in [0.2, 0.25) is 0 Å². The van der Waals surface area contributed by atoms with Crippen molar-refractivity contribution in [2.45, 2.75) is 18.8 Å². The van der Waals surface area contributed by atoms with E-state index in [1.165, 1.54) is 11.1 Å². The van der Waals surface area contributed by atoms with Crippen molar-refractivity contribution in [1.82, 2.24) is 10.2 Å². The largest absolute Gasteiger partial charge is 0.481 e. The monoisotopic (exact) mass is 434 g/mol. The minimum Gasteiger partial charge on any atom is -0.481 e. The van der Waals surface area contributed by atoms with Crippen molar-refractivity contribution in [1.29, 1.82) is 0 Å².